The predicted octanol–water partition coefficient (Wildman–Crippen LogP) is 17.5. The number of esters is 1. The van der Waals surface area contributed by atoms with E-state index in [0.29, 0.717) is 23.9 Å². The van der Waals surface area contributed by atoms with E-state index in [-0.39, 0.29) is 25.4 Å². The molecule has 0 saturated carbocycles. The maximum atomic E-state index is 13.5. The van der Waals surface area contributed by atoms with Gasteiger partial charge in [-0.2, -0.15) is 0 Å². The van der Waals surface area contributed by atoms with Gasteiger partial charge in [-0.25, -0.2) is 0 Å². The van der Waals surface area contributed by atoms with Crippen molar-refractivity contribution in [2.24, 2.45) is 0 Å². The number of allylic oxidation sites excluding steroid dienone is 21. The molecule has 0 saturated heterocycles. The first-order valence-electron chi connectivity index (χ1n) is 29.6. The van der Waals surface area contributed by atoms with E-state index in [4.69, 9.17) is 13.8 Å². The molecule has 0 aliphatic rings. The molecule has 0 radical (unpaired) electrons. The van der Waals surface area contributed by atoms with Crippen molar-refractivity contribution in [3.05, 3.63) is 134 Å². The van der Waals surface area contributed by atoms with Crippen LogP contribution in [0.25, 0.3) is 0 Å². The largest absolute Gasteiger partial charge is 0.756 e. The second-order valence-corrected chi connectivity index (χ2v) is 22.0. The van der Waals surface area contributed by atoms with Gasteiger partial charge in [0.05, 0.1) is 33.8 Å². The van der Waals surface area contributed by atoms with Crippen molar-refractivity contribution in [2.45, 2.75) is 226 Å². The average Bonchev–Trinajstić information content (AvgIpc) is 3.37. The normalized spacial score (nSPS) is 14.7. The van der Waals surface area contributed by atoms with Crippen molar-refractivity contribution in [1.82, 2.24) is 5.32 Å². The molecule has 75 heavy (non-hydrogen) atoms. The first-order valence-corrected chi connectivity index (χ1v) is 31.0. The van der Waals surface area contributed by atoms with Crippen LogP contribution in [-0.4, -0.2) is 69.4 Å². The lowest BCUT2D eigenvalue weighted by molar-refractivity contribution is -0.870. The van der Waals surface area contributed by atoms with Crippen molar-refractivity contribution < 1.29 is 37.3 Å². The SMILES string of the molecule is CC\C=C/C=C/C=C/C=C\C=C\C=C\CCCCCC(=O)OC(/C=C\CCCCCCCCCCC)C(COP(=O)([O-])OCC[N+](C)(C)C)NC(=O)CCCCCCC/C=C\C/C=C\C/C=C\C/C=C\CCCCC. The van der Waals surface area contributed by atoms with Crippen molar-refractivity contribution in [1.29, 1.82) is 0 Å². The van der Waals surface area contributed by atoms with Crippen LogP contribution in [0.4, 0.5) is 0 Å². The molecule has 1 amide bonds. The molecule has 0 rings (SSSR count). The molecule has 0 aliphatic heterocycles. The van der Waals surface area contributed by atoms with Crippen molar-refractivity contribution in [3.63, 3.8) is 0 Å². The van der Waals surface area contributed by atoms with Crippen LogP contribution in [0, 0.1) is 0 Å². The predicted molar refractivity (Wildman–Crippen MR) is 320 cm³/mol. The first-order chi connectivity index (χ1) is 36.4. The molecule has 1 N–H and O–H groups in total. The molecule has 0 aromatic carbocycles. The second kappa shape index (κ2) is 53.5. The number of ether oxygens (including phenoxy) is 1. The van der Waals surface area contributed by atoms with Crippen LogP contribution in [0.15, 0.2) is 134 Å². The van der Waals surface area contributed by atoms with Crippen molar-refractivity contribution in [3.8, 4) is 0 Å². The van der Waals surface area contributed by atoms with Crippen LogP contribution >= 0.6 is 7.82 Å². The topological polar surface area (TPSA) is 114 Å². The molecule has 0 heterocycles. The van der Waals surface area contributed by atoms with E-state index >= 15 is 0 Å². The summed E-state index contributed by atoms with van der Waals surface area (Å²) in [5, 5.41) is 3.00. The van der Waals surface area contributed by atoms with Gasteiger partial charge in [-0.3, -0.25) is 14.2 Å². The van der Waals surface area contributed by atoms with Gasteiger partial charge in [-0.15, -0.1) is 0 Å². The van der Waals surface area contributed by atoms with E-state index in [9.17, 15) is 19.0 Å². The Bertz CT molecular complexity index is 1740. The molecule has 9 nitrogen and oxygen atoms in total. The molecule has 426 valence electrons. The summed E-state index contributed by atoms with van der Waals surface area (Å²) in [6.45, 7) is 6.59. The Morgan fingerprint density at radius 1 is 0.493 bits per heavy atom. The maximum Gasteiger partial charge on any atom is 0.306 e. The highest BCUT2D eigenvalue weighted by Gasteiger charge is 2.27. The molecule has 0 bridgehead atoms. The van der Waals surface area contributed by atoms with Crippen LogP contribution < -0.4 is 10.2 Å². The summed E-state index contributed by atoms with van der Waals surface area (Å²) in [5.74, 6) is -0.626. The summed E-state index contributed by atoms with van der Waals surface area (Å²) in [6.07, 6.45) is 75.6. The standard InChI is InChI=1S/C65H109N2O7P/c1-7-10-13-16-19-22-25-27-29-31-32-33-34-36-37-39-42-45-48-51-54-57-64(68)66-62(61-73-75(70,71)72-60-59-67(4,5)6)63(56-53-50-47-44-41-24-21-18-15-12-9-3)74-65(69)58-55-52-49-46-43-40-38-35-30-28-26-23-20-17-14-11-8-2/h11,14,17,19-20,22-23,26-30,32-33,35-38,40,43,53,56,62-63H,7-10,12-13,15-16,18,21,24-25,31,34,39,41-42,44-52,54-55,57-61H2,1-6H3,(H-,66,68,70,71)/b14-11-,20-17+,22-19-,26-23+,29-27-,30-28-,33-32-,37-36-,38-35+,43-40+,56-53-. The number of hydrogen-bond donors (Lipinski definition) is 1. The zero-order valence-corrected chi connectivity index (χ0v) is 49.3. The molecule has 0 aromatic rings. The van der Waals surface area contributed by atoms with Crippen molar-refractivity contribution >= 4 is 19.7 Å². The zero-order chi connectivity index (χ0) is 55.0. The Morgan fingerprint density at radius 2 is 0.907 bits per heavy atom. The van der Waals surface area contributed by atoms with Crippen LogP contribution in [0.1, 0.15) is 213 Å². The highest BCUT2D eigenvalue weighted by molar-refractivity contribution is 7.45. The van der Waals surface area contributed by atoms with E-state index in [0.717, 1.165) is 96.3 Å². The summed E-state index contributed by atoms with van der Waals surface area (Å²) in [4.78, 5) is 39.9. The average molecular weight is 1060 g/mol. The zero-order valence-electron chi connectivity index (χ0n) is 48.4. The second-order valence-electron chi connectivity index (χ2n) is 20.6. The van der Waals surface area contributed by atoms with Gasteiger partial charge in [0, 0.05) is 12.8 Å². The highest BCUT2D eigenvalue weighted by atomic mass is 31.2. The minimum Gasteiger partial charge on any atom is -0.756 e. The lowest BCUT2D eigenvalue weighted by atomic mass is 10.1. The smallest absolute Gasteiger partial charge is 0.306 e. The quantitative estimate of drug-likeness (QED) is 0.0161. The molecule has 3 unspecified atom stereocenters. The Kier molecular flexibility index (Phi) is 50.8. The number of carbonyl (C=O) groups is 2. The van der Waals surface area contributed by atoms with Gasteiger partial charge < -0.3 is 28.5 Å². The fourth-order valence-corrected chi connectivity index (χ4v) is 8.38. The summed E-state index contributed by atoms with van der Waals surface area (Å²) in [6, 6.07) is -0.926. The van der Waals surface area contributed by atoms with E-state index in [1.54, 1.807) is 6.08 Å². The Balaban J connectivity index is 5.40. The number of amides is 1. The van der Waals surface area contributed by atoms with E-state index < -0.39 is 32.5 Å². The fraction of sp³-hybridized carbons (Fsp3) is 0.631. The van der Waals surface area contributed by atoms with E-state index in [2.05, 4.69) is 86.8 Å². The van der Waals surface area contributed by atoms with Gasteiger partial charge in [0.25, 0.3) is 7.82 Å². The maximum absolute atomic E-state index is 13.5. The minimum atomic E-state index is -4.72. The fourth-order valence-electron chi connectivity index (χ4n) is 7.65. The number of hydrogen-bond acceptors (Lipinski definition) is 7. The Hall–Kier alpha value is -3.85. The summed E-state index contributed by atoms with van der Waals surface area (Å²) in [5.41, 5.74) is 0. The lowest BCUT2D eigenvalue weighted by Gasteiger charge is -2.30. The lowest BCUT2D eigenvalue weighted by Crippen LogP contribution is -2.47. The number of nitrogens with zero attached hydrogens (tertiary/aromatic N) is 1. The molecule has 0 aliphatic carbocycles. The Morgan fingerprint density at radius 3 is 1.44 bits per heavy atom. The molecule has 0 spiro atoms. The van der Waals surface area contributed by atoms with Gasteiger partial charge in [-0.1, -0.05) is 238 Å². The first kappa shape index (κ1) is 71.2. The van der Waals surface area contributed by atoms with Gasteiger partial charge >= 0.3 is 5.97 Å². The summed E-state index contributed by atoms with van der Waals surface area (Å²) in [7, 11) is 1.12. The third-order valence-corrected chi connectivity index (χ3v) is 13.2. The number of rotatable bonds is 51. The van der Waals surface area contributed by atoms with Gasteiger partial charge in [0.2, 0.25) is 5.91 Å². The minimum absolute atomic E-state index is 0.0421. The van der Waals surface area contributed by atoms with E-state index in [1.807, 2.05) is 88.0 Å². The third kappa shape index (κ3) is 54.7. The van der Waals surface area contributed by atoms with Gasteiger partial charge in [-0.05, 0) is 96.0 Å². The Labute approximate surface area is 460 Å². The monoisotopic (exact) mass is 1060 g/mol. The number of phosphoric ester groups is 1. The highest BCUT2D eigenvalue weighted by Crippen LogP contribution is 2.38. The van der Waals surface area contributed by atoms with Crippen LogP contribution in [0.5, 0.6) is 0 Å². The molecular weight excluding hydrogens is 952 g/mol. The third-order valence-electron chi connectivity index (χ3n) is 12.2. The number of nitrogens with one attached hydrogen (secondary N) is 1. The summed E-state index contributed by atoms with van der Waals surface area (Å²) < 4.78 is 30.2. The molecule has 10 heteroatoms. The van der Waals surface area contributed by atoms with E-state index in [1.165, 1.54) is 70.6 Å². The molecular formula is C65H109N2O7P. The molecule has 0 fully saturated rings. The molecule has 0 aromatic heterocycles. The van der Waals surface area contributed by atoms with Gasteiger partial charge in [0.1, 0.15) is 19.3 Å². The number of carbonyl (C=O) groups excluding carboxylic acids is 2. The van der Waals surface area contributed by atoms with Crippen LogP contribution in [0.2, 0.25) is 0 Å². The van der Waals surface area contributed by atoms with Crippen LogP contribution in [0.3, 0.4) is 0 Å². The number of unbranched alkanes of at least 4 members (excludes halogenated alkanes) is 20. The summed E-state index contributed by atoms with van der Waals surface area (Å²) >= 11 is 0. The van der Waals surface area contributed by atoms with Gasteiger partial charge in [0.15, 0.2) is 0 Å². The molecule has 3 atom stereocenters. The van der Waals surface area contributed by atoms with Crippen molar-refractivity contribution in [2.75, 3.05) is 40.9 Å². The number of quaternary nitrogens is 1. The van der Waals surface area contributed by atoms with Crippen LogP contribution in [-0.2, 0) is 27.9 Å². The number of phosphoric acid groups is 1. The number of likely N-dealkylation sites (N-methyl/N-ethyl adjacent to an activating group) is 1.